The van der Waals surface area contributed by atoms with Crippen molar-refractivity contribution >= 4 is 39.0 Å². The molecule has 1 N–H and O–H groups in total. The largest absolute Gasteiger partial charge is 0.391 e. The summed E-state index contributed by atoms with van der Waals surface area (Å²) in [6.45, 7) is 1.08. The molecule has 1 fully saturated rings. The predicted octanol–water partition coefficient (Wildman–Crippen LogP) is 2.46. The third-order valence-corrected chi connectivity index (χ3v) is 5.62. The van der Waals surface area contributed by atoms with Gasteiger partial charge < -0.3 is 5.11 Å². The standard InChI is InChI=1S/C11H16BrNOS2/c1-13-4-5-15-7-9(13)10(14)6-8-2-3-11(12)16-8/h2-3,9-10,14H,4-7H2,1H3. The van der Waals surface area contributed by atoms with Crippen LogP contribution in [0.5, 0.6) is 0 Å². The summed E-state index contributed by atoms with van der Waals surface area (Å²) in [5, 5.41) is 10.2. The first-order valence-corrected chi connectivity index (χ1v) is 8.13. The Hall–Kier alpha value is 0.450. The van der Waals surface area contributed by atoms with Crippen LogP contribution in [0.25, 0.3) is 0 Å². The lowest BCUT2D eigenvalue weighted by Crippen LogP contribution is -2.47. The van der Waals surface area contributed by atoms with Gasteiger partial charge in [0.2, 0.25) is 0 Å². The molecule has 0 saturated carbocycles. The van der Waals surface area contributed by atoms with Crippen LogP contribution in [0.15, 0.2) is 15.9 Å². The Morgan fingerprint density at radius 2 is 2.44 bits per heavy atom. The molecule has 1 aromatic rings. The molecule has 0 aromatic carbocycles. The summed E-state index contributed by atoms with van der Waals surface area (Å²) >= 11 is 7.11. The van der Waals surface area contributed by atoms with Crippen LogP contribution in [0.4, 0.5) is 0 Å². The van der Waals surface area contributed by atoms with Gasteiger partial charge in [-0.2, -0.15) is 11.8 Å². The quantitative estimate of drug-likeness (QED) is 0.925. The lowest BCUT2D eigenvalue weighted by Gasteiger charge is -2.35. The van der Waals surface area contributed by atoms with Gasteiger partial charge >= 0.3 is 0 Å². The Balaban J connectivity index is 1.93. The summed E-state index contributed by atoms with van der Waals surface area (Å²) in [6.07, 6.45) is 0.523. The molecule has 2 heterocycles. The summed E-state index contributed by atoms with van der Waals surface area (Å²) < 4.78 is 1.14. The van der Waals surface area contributed by atoms with E-state index in [9.17, 15) is 5.11 Å². The highest BCUT2D eigenvalue weighted by Crippen LogP contribution is 2.25. The molecule has 2 atom stereocenters. The van der Waals surface area contributed by atoms with Gasteiger partial charge in [-0.3, -0.25) is 4.90 Å². The van der Waals surface area contributed by atoms with E-state index in [1.165, 1.54) is 10.6 Å². The van der Waals surface area contributed by atoms with Gasteiger partial charge in [0.25, 0.3) is 0 Å². The Labute approximate surface area is 113 Å². The van der Waals surface area contributed by atoms with Gasteiger partial charge in [-0.1, -0.05) is 0 Å². The van der Waals surface area contributed by atoms with Crippen molar-refractivity contribution in [2.45, 2.75) is 18.6 Å². The van der Waals surface area contributed by atoms with E-state index in [1.54, 1.807) is 11.3 Å². The van der Waals surface area contributed by atoms with Crippen molar-refractivity contribution in [2.24, 2.45) is 0 Å². The number of rotatable bonds is 3. The van der Waals surface area contributed by atoms with Crippen molar-refractivity contribution in [3.8, 4) is 0 Å². The van der Waals surface area contributed by atoms with Gasteiger partial charge in [0.1, 0.15) is 0 Å². The maximum Gasteiger partial charge on any atom is 0.0751 e. The molecular weight excluding hydrogens is 306 g/mol. The van der Waals surface area contributed by atoms with Crippen LogP contribution >= 0.6 is 39.0 Å². The van der Waals surface area contributed by atoms with Gasteiger partial charge in [0, 0.05) is 35.4 Å². The Bertz CT molecular complexity index is 344. The summed E-state index contributed by atoms with van der Waals surface area (Å²) in [7, 11) is 2.11. The second-order valence-electron chi connectivity index (χ2n) is 4.10. The molecule has 90 valence electrons. The summed E-state index contributed by atoms with van der Waals surface area (Å²) in [5.41, 5.74) is 0. The molecule has 0 bridgehead atoms. The van der Waals surface area contributed by atoms with E-state index in [-0.39, 0.29) is 6.10 Å². The smallest absolute Gasteiger partial charge is 0.0751 e. The van der Waals surface area contributed by atoms with E-state index in [0.717, 1.165) is 22.5 Å². The van der Waals surface area contributed by atoms with Crippen LogP contribution in [0.2, 0.25) is 0 Å². The molecule has 0 spiro atoms. The van der Waals surface area contributed by atoms with Gasteiger partial charge in [-0.15, -0.1) is 11.3 Å². The highest BCUT2D eigenvalue weighted by molar-refractivity contribution is 9.11. The number of aliphatic hydroxyl groups is 1. The van der Waals surface area contributed by atoms with Crippen molar-refractivity contribution in [1.29, 1.82) is 0 Å². The minimum atomic E-state index is -0.247. The first-order chi connectivity index (χ1) is 7.66. The van der Waals surface area contributed by atoms with Gasteiger partial charge in [0.15, 0.2) is 0 Å². The average molecular weight is 322 g/mol. The zero-order chi connectivity index (χ0) is 11.5. The third kappa shape index (κ3) is 3.23. The van der Waals surface area contributed by atoms with Crippen LogP contribution in [-0.4, -0.2) is 47.3 Å². The molecule has 5 heteroatoms. The summed E-state index contributed by atoms with van der Waals surface area (Å²) in [6, 6.07) is 4.44. The lowest BCUT2D eigenvalue weighted by atomic mass is 10.1. The molecule has 1 aliphatic heterocycles. The summed E-state index contributed by atoms with van der Waals surface area (Å²) in [4.78, 5) is 3.53. The second-order valence-corrected chi connectivity index (χ2v) is 7.80. The molecule has 1 aromatic heterocycles. The van der Waals surface area contributed by atoms with E-state index in [0.29, 0.717) is 6.04 Å². The van der Waals surface area contributed by atoms with Crippen LogP contribution in [0.1, 0.15) is 4.88 Å². The molecule has 16 heavy (non-hydrogen) atoms. The highest BCUT2D eigenvalue weighted by atomic mass is 79.9. The second kappa shape index (κ2) is 5.87. The molecule has 0 radical (unpaired) electrons. The van der Waals surface area contributed by atoms with Crippen LogP contribution < -0.4 is 0 Å². The maximum absolute atomic E-state index is 10.2. The van der Waals surface area contributed by atoms with Gasteiger partial charge in [-0.25, -0.2) is 0 Å². The molecular formula is C11H16BrNOS2. The number of hydrogen-bond donors (Lipinski definition) is 1. The molecule has 2 unspecified atom stereocenters. The van der Waals surface area contributed by atoms with Crippen LogP contribution in [0, 0.1) is 0 Å². The van der Waals surface area contributed by atoms with Crippen LogP contribution in [0.3, 0.4) is 0 Å². The molecule has 2 nitrogen and oxygen atoms in total. The number of halogens is 1. The predicted molar refractivity (Wildman–Crippen MR) is 75.5 cm³/mol. The number of thioether (sulfide) groups is 1. The maximum atomic E-state index is 10.2. The topological polar surface area (TPSA) is 23.5 Å². The van der Waals surface area contributed by atoms with E-state index in [1.807, 2.05) is 17.8 Å². The van der Waals surface area contributed by atoms with Crippen molar-refractivity contribution < 1.29 is 5.11 Å². The van der Waals surface area contributed by atoms with Crippen molar-refractivity contribution in [2.75, 3.05) is 25.1 Å². The normalized spacial score (nSPS) is 24.6. The zero-order valence-electron chi connectivity index (χ0n) is 9.23. The molecule has 0 amide bonds. The summed E-state index contributed by atoms with van der Waals surface area (Å²) in [5.74, 6) is 2.23. The fourth-order valence-corrected chi connectivity index (χ4v) is 4.75. The Morgan fingerprint density at radius 3 is 3.06 bits per heavy atom. The Kier molecular flexibility index (Phi) is 4.73. The minimum absolute atomic E-state index is 0.247. The zero-order valence-corrected chi connectivity index (χ0v) is 12.4. The monoisotopic (exact) mass is 321 g/mol. The van der Waals surface area contributed by atoms with E-state index in [4.69, 9.17) is 0 Å². The van der Waals surface area contributed by atoms with Gasteiger partial charge in [-0.05, 0) is 35.1 Å². The number of thiophene rings is 1. The SMILES string of the molecule is CN1CCSCC1C(O)Cc1ccc(Br)s1. The van der Waals surface area contributed by atoms with E-state index >= 15 is 0 Å². The fourth-order valence-electron chi connectivity index (χ4n) is 1.91. The first-order valence-electron chi connectivity index (χ1n) is 5.37. The minimum Gasteiger partial charge on any atom is -0.391 e. The highest BCUT2D eigenvalue weighted by Gasteiger charge is 2.26. The number of aliphatic hydroxyl groups excluding tert-OH is 1. The van der Waals surface area contributed by atoms with Crippen LogP contribution in [-0.2, 0) is 6.42 Å². The van der Waals surface area contributed by atoms with Crippen molar-refractivity contribution in [3.05, 3.63) is 20.8 Å². The van der Waals surface area contributed by atoms with Crippen molar-refractivity contribution in [3.63, 3.8) is 0 Å². The van der Waals surface area contributed by atoms with E-state index in [2.05, 4.69) is 33.9 Å². The first kappa shape index (κ1) is 12.9. The lowest BCUT2D eigenvalue weighted by molar-refractivity contribution is 0.0769. The molecule has 0 aliphatic carbocycles. The molecule has 1 saturated heterocycles. The Morgan fingerprint density at radius 1 is 1.62 bits per heavy atom. The number of nitrogens with zero attached hydrogens (tertiary/aromatic N) is 1. The number of hydrogen-bond acceptors (Lipinski definition) is 4. The number of likely N-dealkylation sites (N-methyl/N-ethyl adjacent to an activating group) is 1. The van der Waals surface area contributed by atoms with Crippen molar-refractivity contribution in [1.82, 2.24) is 4.90 Å². The van der Waals surface area contributed by atoms with Gasteiger partial charge in [0.05, 0.1) is 9.89 Å². The third-order valence-electron chi connectivity index (χ3n) is 2.93. The van der Waals surface area contributed by atoms with E-state index < -0.39 is 0 Å². The fraction of sp³-hybridized carbons (Fsp3) is 0.636. The average Bonchev–Trinajstić information content (AvgIpc) is 2.64. The molecule has 1 aliphatic rings. The molecule has 2 rings (SSSR count).